The predicted octanol–water partition coefficient (Wildman–Crippen LogP) is 3.42. The first kappa shape index (κ1) is 11.0. The summed E-state index contributed by atoms with van der Waals surface area (Å²) in [5.41, 5.74) is 3.87. The molecule has 4 aromatic rings. The lowest BCUT2D eigenvalue weighted by Gasteiger charge is -2.01. The van der Waals surface area contributed by atoms with Gasteiger partial charge in [0.15, 0.2) is 5.65 Å². The van der Waals surface area contributed by atoms with Crippen LogP contribution < -0.4 is 0 Å². The van der Waals surface area contributed by atoms with Crippen LogP contribution in [0.1, 0.15) is 0 Å². The lowest BCUT2D eigenvalue weighted by atomic mass is 10.2. The molecule has 0 aliphatic carbocycles. The molecule has 0 aliphatic heterocycles. The lowest BCUT2D eigenvalue weighted by molar-refractivity contribution is 0.897. The fourth-order valence-electron chi connectivity index (χ4n) is 2.30. The first-order valence-corrected chi connectivity index (χ1v) is 6.46. The lowest BCUT2D eigenvalue weighted by Crippen LogP contribution is -1.95. The molecule has 0 bridgehead atoms. The van der Waals surface area contributed by atoms with Crippen molar-refractivity contribution in [3.05, 3.63) is 66.9 Å². The zero-order chi connectivity index (χ0) is 13.4. The molecule has 0 saturated carbocycles. The van der Waals surface area contributed by atoms with Gasteiger partial charge in [-0.3, -0.25) is 0 Å². The van der Waals surface area contributed by atoms with Gasteiger partial charge in [0.2, 0.25) is 0 Å². The predicted molar refractivity (Wildman–Crippen MR) is 78.7 cm³/mol. The van der Waals surface area contributed by atoms with Gasteiger partial charge in [-0.2, -0.15) is 5.10 Å². The second-order valence-corrected chi connectivity index (χ2v) is 4.58. The Balaban J connectivity index is 1.88. The van der Waals surface area contributed by atoms with Gasteiger partial charge in [0.05, 0.1) is 11.9 Å². The van der Waals surface area contributed by atoms with Crippen LogP contribution >= 0.6 is 0 Å². The fraction of sp³-hybridized carbons (Fsp3) is 0. The number of imidazole rings is 1. The van der Waals surface area contributed by atoms with E-state index in [1.54, 1.807) is 6.20 Å². The van der Waals surface area contributed by atoms with Crippen LogP contribution in [0.15, 0.2) is 66.9 Å². The van der Waals surface area contributed by atoms with E-state index in [2.05, 4.69) is 15.1 Å². The third-order valence-electron chi connectivity index (χ3n) is 3.27. The Labute approximate surface area is 115 Å². The van der Waals surface area contributed by atoms with Crippen LogP contribution in [0.5, 0.6) is 0 Å². The van der Waals surface area contributed by atoms with E-state index in [0.29, 0.717) is 0 Å². The van der Waals surface area contributed by atoms with Crippen LogP contribution in [0.2, 0.25) is 0 Å². The van der Waals surface area contributed by atoms with Crippen molar-refractivity contribution in [1.29, 1.82) is 0 Å². The van der Waals surface area contributed by atoms with Crippen molar-refractivity contribution < 1.29 is 0 Å². The summed E-state index contributed by atoms with van der Waals surface area (Å²) in [4.78, 5) is 7.94. The highest BCUT2D eigenvalue weighted by molar-refractivity contribution is 5.77. The Kier molecular flexibility index (Phi) is 2.39. The van der Waals surface area contributed by atoms with E-state index in [-0.39, 0.29) is 0 Å². The third kappa shape index (κ3) is 1.70. The maximum absolute atomic E-state index is 4.59. The first-order valence-electron chi connectivity index (χ1n) is 6.46. The third-order valence-corrected chi connectivity index (χ3v) is 3.27. The van der Waals surface area contributed by atoms with Crippen LogP contribution in [0.3, 0.4) is 0 Å². The van der Waals surface area contributed by atoms with Gasteiger partial charge >= 0.3 is 0 Å². The number of nitrogens with zero attached hydrogens (tertiary/aromatic N) is 3. The monoisotopic (exact) mass is 260 g/mol. The van der Waals surface area contributed by atoms with Crippen LogP contribution in [0.25, 0.3) is 28.2 Å². The average Bonchev–Trinajstić information content (AvgIpc) is 3.09. The van der Waals surface area contributed by atoms with Crippen molar-refractivity contribution in [2.75, 3.05) is 0 Å². The van der Waals surface area contributed by atoms with Crippen molar-refractivity contribution >= 4 is 11.2 Å². The van der Waals surface area contributed by atoms with Crippen molar-refractivity contribution in [3.8, 4) is 17.1 Å². The fourth-order valence-corrected chi connectivity index (χ4v) is 2.30. The number of hydrogen-bond donors (Lipinski definition) is 1. The van der Waals surface area contributed by atoms with E-state index >= 15 is 0 Å². The van der Waals surface area contributed by atoms with Gasteiger partial charge in [0.1, 0.15) is 11.3 Å². The van der Waals surface area contributed by atoms with Crippen molar-refractivity contribution in [3.63, 3.8) is 0 Å². The second kappa shape index (κ2) is 4.35. The summed E-state index contributed by atoms with van der Waals surface area (Å²) in [5.74, 6) is 0.864. The summed E-state index contributed by atoms with van der Waals surface area (Å²) in [5, 5.41) is 4.38. The molecule has 4 nitrogen and oxygen atoms in total. The van der Waals surface area contributed by atoms with Crippen LogP contribution in [-0.2, 0) is 0 Å². The molecule has 1 N–H and O–H groups in total. The number of rotatable bonds is 2. The zero-order valence-electron chi connectivity index (χ0n) is 10.7. The summed E-state index contributed by atoms with van der Waals surface area (Å²) >= 11 is 0. The average molecular weight is 260 g/mol. The number of aromatic amines is 1. The second-order valence-electron chi connectivity index (χ2n) is 4.58. The maximum atomic E-state index is 4.59. The SMILES string of the molecule is c1ccc(-c2nc3cnn(-c4ccccc4)c3[nH]2)cc1. The topological polar surface area (TPSA) is 46.5 Å². The number of nitrogens with one attached hydrogen (secondary N) is 1. The molecular formula is C16H12N4. The molecule has 96 valence electrons. The minimum Gasteiger partial charge on any atom is -0.322 e. The van der Waals surface area contributed by atoms with E-state index in [0.717, 1.165) is 28.2 Å². The molecule has 0 atom stereocenters. The molecule has 20 heavy (non-hydrogen) atoms. The van der Waals surface area contributed by atoms with Gasteiger partial charge in [-0.1, -0.05) is 48.5 Å². The summed E-state index contributed by atoms with van der Waals surface area (Å²) in [6.07, 6.45) is 1.78. The molecule has 2 aromatic heterocycles. The molecule has 4 rings (SSSR count). The highest BCUT2D eigenvalue weighted by atomic mass is 15.3. The van der Waals surface area contributed by atoms with Gasteiger partial charge < -0.3 is 4.98 Å². The Bertz CT molecular complexity index is 844. The molecule has 2 aromatic carbocycles. The largest absolute Gasteiger partial charge is 0.322 e. The van der Waals surface area contributed by atoms with Gasteiger partial charge in [-0.15, -0.1) is 0 Å². The van der Waals surface area contributed by atoms with Crippen LogP contribution in [0.4, 0.5) is 0 Å². The highest BCUT2D eigenvalue weighted by Crippen LogP contribution is 2.21. The maximum Gasteiger partial charge on any atom is 0.161 e. The van der Waals surface area contributed by atoms with E-state index in [1.165, 1.54) is 0 Å². The van der Waals surface area contributed by atoms with E-state index in [1.807, 2.05) is 65.3 Å². The molecule has 0 fully saturated rings. The molecular weight excluding hydrogens is 248 g/mol. The van der Waals surface area contributed by atoms with Crippen LogP contribution in [0, 0.1) is 0 Å². The number of hydrogen-bond acceptors (Lipinski definition) is 2. The standard InChI is InChI=1S/C16H12N4/c1-3-7-12(8-4-1)15-18-14-11-17-20(16(14)19-15)13-9-5-2-6-10-13/h1-11H,(H,18,19). The number of aromatic nitrogens is 4. The van der Waals surface area contributed by atoms with Crippen molar-refractivity contribution in [2.24, 2.45) is 0 Å². The molecule has 2 heterocycles. The minimum absolute atomic E-state index is 0.864. The molecule has 0 unspecified atom stereocenters. The number of H-pyrrole nitrogens is 1. The van der Waals surface area contributed by atoms with Gasteiger partial charge in [-0.05, 0) is 12.1 Å². The minimum atomic E-state index is 0.864. The number of para-hydroxylation sites is 1. The van der Waals surface area contributed by atoms with E-state index in [4.69, 9.17) is 0 Å². The molecule has 0 saturated heterocycles. The Morgan fingerprint density at radius 1 is 0.850 bits per heavy atom. The molecule has 4 heteroatoms. The zero-order valence-corrected chi connectivity index (χ0v) is 10.7. The smallest absolute Gasteiger partial charge is 0.161 e. The molecule has 0 spiro atoms. The van der Waals surface area contributed by atoms with Gasteiger partial charge in [-0.25, -0.2) is 9.67 Å². The van der Waals surface area contributed by atoms with Gasteiger partial charge in [0, 0.05) is 5.56 Å². The van der Waals surface area contributed by atoms with Gasteiger partial charge in [0.25, 0.3) is 0 Å². The summed E-state index contributed by atoms with van der Waals surface area (Å²) < 4.78 is 1.87. The summed E-state index contributed by atoms with van der Waals surface area (Å²) in [6, 6.07) is 20.1. The quantitative estimate of drug-likeness (QED) is 0.600. The molecule has 0 aliphatic rings. The Hall–Kier alpha value is -2.88. The summed E-state index contributed by atoms with van der Waals surface area (Å²) in [6.45, 7) is 0. The molecule has 0 radical (unpaired) electrons. The van der Waals surface area contributed by atoms with Crippen molar-refractivity contribution in [2.45, 2.75) is 0 Å². The van der Waals surface area contributed by atoms with Crippen molar-refractivity contribution in [1.82, 2.24) is 19.7 Å². The summed E-state index contributed by atoms with van der Waals surface area (Å²) in [7, 11) is 0. The van der Waals surface area contributed by atoms with E-state index in [9.17, 15) is 0 Å². The van der Waals surface area contributed by atoms with E-state index < -0.39 is 0 Å². The number of fused-ring (bicyclic) bond motifs is 1. The Morgan fingerprint density at radius 2 is 1.55 bits per heavy atom. The van der Waals surface area contributed by atoms with Crippen LogP contribution in [-0.4, -0.2) is 19.7 Å². The highest BCUT2D eigenvalue weighted by Gasteiger charge is 2.10. The normalized spacial score (nSPS) is 11.0. The Morgan fingerprint density at radius 3 is 2.30 bits per heavy atom. The molecule has 0 amide bonds. The first-order chi connectivity index (χ1) is 9.92. The number of benzene rings is 2.